The average molecular weight is 322 g/mol. The standard InChI is InChI=1S/C15H18N2O4S/c1-10-9-16-7-6-13(10)17-22(19,20)12-3-4-14-11(8-12)2-5-15(18)21-14/h2-5,8,10,13,16-17H,6-7,9H2,1H3. The van der Waals surface area contributed by atoms with E-state index in [0.29, 0.717) is 11.0 Å². The Kier molecular flexibility index (Phi) is 4.03. The zero-order valence-electron chi connectivity index (χ0n) is 12.2. The molecule has 118 valence electrons. The van der Waals surface area contributed by atoms with Crippen LogP contribution in [0, 0.1) is 5.92 Å². The van der Waals surface area contributed by atoms with Crippen LogP contribution in [-0.2, 0) is 10.0 Å². The first-order chi connectivity index (χ1) is 10.5. The van der Waals surface area contributed by atoms with Crippen LogP contribution in [-0.4, -0.2) is 27.5 Å². The lowest BCUT2D eigenvalue weighted by Gasteiger charge is -2.29. The first kappa shape index (κ1) is 15.2. The van der Waals surface area contributed by atoms with Crippen LogP contribution in [0.4, 0.5) is 0 Å². The van der Waals surface area contributed by atoms with Gasteiger partial charge in [-0.2, -0.15) is 0 Å². The molecule has 0 spiro atoms. The SMILES string of the molecule is CC1CNCCC1NS(=O)(=O)c1ccc2oc(=O)ccc2c1. The maximum atomic E-state index is 12.5. The molecule has 0 amide bonds. The summed E-state index contributed by atoms with van der Waals surface area (Å²) >= 11 is 0. The zero-order valence-corrected chi connectivity index (χ0v) is 13.0. The summed E-state index contributed by atoms with van der Waals surface area (Å²) in [6.45, 7) is 3.63. The van der Waals surface area contributed by atoms with E-state index < -0.39 is 15.6 Å². The largest absolute Gasteiger partial charge is 0.423 e. The molecule has 1 fully saturated rings. The minimum Gasteiger partial charge on any atom is -0.423 e. The third-order valence-electron chi connectivity index (χ3n) is 3.99. The van der Waals surface area contributed by atoms with Crippen molar-refractivity contribution >= 4 is 21.0 Å². The van der Waals surface area contributed by atoms with Crippen molar-refractivity contribution < 1.29 is 12.8 Å². The van der Waals surface area contributed by atoms with Crippen molar-refractivity contribution in [3.63, 3.8) is 0 Å². The molecule has 0 bridgehead atoms. The summed E-state index contributed by atoms with van der Waals surface area (Å²) in [6.07, 6.45) is 0.767. The van der Waals surface area contributed by atoms with Crippen molar-refractivity contribution in [2.45, 2.75) is 24.3 Å². The van der Waals surface area contributed by atoms with Crippen LogP contribution >= 0.6 is 0 Å². The summed E-state index contributed by atoms with van der Waals surface area (Å²) in [5, 5.41) is 3.83. The maximum Gasteiger partial charge on any atom is 0.336 e. The molecule has 6 nitrogen and oxygen atoms in total. The summed E-state index contributed by atoms with van der Waals surface area (Å²) in [5.74, 6) is 0.238. The Labute approximate surface area is 128 Å². The molecule has 0 radical (unpaired) electrons. The van der Waals surface area contributed by atoms with Gasteiger partial charge in [0, 0.05) is 17.5 Å². The lowest BCUT2D eigenvalue weighted by atomic mass is 9.97. The van der Waals surface area contributed by atoms with Gasteiger partial charge < -0.3 is 9.73 Å². The number of hydrogen-bond acceptors (Lipinski definition) is 5. The number of piperidine rings is 1. The molecule has 2 atom stereocenters. The van der Waals surface area contributed by atoms with Crippen molar-refractivity contribution in [2.24, 2.45) is 5.92 Å². The van der Waals surface area contributed by atoms with Gasteiger partial charge in [-0.25, -0.2) is 17.9 Å². The molecule has 7 heteroatoms. The Morgan fingerprint density at radius 1 is 1.27 bits per heavy atom. The van der Waals surface area contributed by atoms with Crippen LogP contribution in [0.25, 0.3) is 11.0 Å². The van der Waals surface area contributed by atoms with Gasteiger partial charge in [0.2, 0.25) is 10.0 Å². The van der Waals surface area contributed by atoms with E-state index in [4.69, 9.17) is 4.42 Å². The molecule has 1 aromatic heterocycles. The Bertz CT molecular complexity index is 844. The number of nitrogens with one attached hydrogen (secondary N) is 2. The molecule has 2 unspecified atom stereocenters. The van der Waals surface area contributed by atoms with Crippen molar-refractivity contribution in [3.8, 4) is 0 Å². The minimum atomic E-state index is -3.59. The molecule has 1 saturated heterocycles. The molecule has 3 rings (SSSR count). The van der Waals surface area contributed by atoms with E-state index >= 15 is 0 Å². The number of rotatable bonds is 3. The van der Waals surface area contributed by atoms with E-state index in [0.717, 1.165) is 19.5 Å². The van der Waals surface area contributed by atoms with Gasteiger partial charge in [-0.3, -0.25) is 0 Å². The Hall–Kier alpha value is -1.70. The lowest BCUT2D eigenvalue weighted by molar-refractivity contribution is 0.328. The molecule has 22 heavy (non-hydrogen) atoms. The predicted molar refractivity (Wildman–Crippen MR) is 83.2 cm³/mol. The molecule has 0 aliphatic carbocycles. The smallest absolute Gasteiger partial charge is 0.336 e. The Balaban J connectivity index is 1.91. The molecule has 0 saturated carbocycles. The lowest BCUT2D eigenvalue weighted by Crippen LogP contribution is -2.48. The fourth-order valence-corrected chi connectivity index (χ4v) is 4.09. The van der Waals surface area contributed by atoms with Crippen LogP contribution in [0.5, 0.6) is 0 Å². The van der Waals surface area contributed by atoms with Crippen molar-refractivity contribution in [1.82, 2.24) is 10.0 Å². The quantitative estimate of drug-likeness (QED) is 0.825. The highest BCUT2D eigenvalue weighted by atomic mass is 32.2. The molecule has 2 heterocycles. The fraction of sp³-hybridized carbons (Fsp3) is 0.400. The summed E-state index contributed by atoms with van der Waals surface area (Å²) in [5.41, 5.74) is -0.0774. The Morgan fingerprint density at radius 2 is 2.09 bits per heavy atom. The third kappa shape index (κ3) is 3.06. The predicted octanol–water partition coefficient (Wildman–Crippen LogP) is 1.07. The van der Waals surface area contributed by atoms with E-state index in [9.17, 15) is 13.2 Å². The number of hydrogen-bond donors (Lipinski definition) is 2. The fourth-order valence-electron chi connectivity index (χ4n) is 2.67. The van der Waals surface area contributed by atoms with Crippen LogP contribution in [0.2, 0.25) is 0 Å². The molecule has 1 aliphatic heterocycles. The molecule has 1 aromatic carbocycles. The van der Waals surface area contributed by atoms with Crippen LogP contribution < -0.4 is 15.7 Å². The first-order valence-corrected chi connectivity index (χ1v) is 8.71. The Morgan fingerprint density at radius 3 is 2.86 bits per heavy atom. The summed E-state index contributed by atoms with van der Waals surface area (Å²) < 4.78 is 32.9. The summed E-state index contributed by atoms with van der Waals surface area (Å²) in [4.78, 5) is 11.3. The van der Waals surface area contributed by atoms with Gasteiger partial charge in [0.1, 0.15) is 5.58 Å². The van der Waals surface area contributed by atoms with Gasteiger partial charge >= 0.3 is 5.63 Å². The van der Waals surface area contributed by atoms with Crippen LogP contribution in [0.15, 0.2) is 44.4 Å². The zero-order chi connectivity index (χ0) is 15.7. The molecule has 2 aromatic rings. The van der Waals surface area contributed by atoms with E-state index in [2.05, 4.69) is 10.0 Å². The number of fused-ring (bicyclic) bond motifs is 1. The third-order valence-corrected chi connectivity index (χ3v) is 5.48. The minimum absolute atomic E-state index is 0.0735. The summed E-state index contributed by atoms with van der Waals surface area (Å²) in [6, 6.07) is 7.26. The van der Waals surface area contributed by atoms with Gasteiger partial charge in [0.05, 0.1) is 4.90 Å². The molecule has 1 aliphatic rings. The van der Waals surface area contributed by atoms with Gasteiger partial charge in [-0.15, -0.1) is 0 Å². The topological polar surface area (TPSA) is 88.4 Å². The molecular formula is C15H18N2O4S. The second kappa shape index (κ2) is 5.83. The first-order valence-electron chi connectivity index (χ1n) is 7.23. The number of benzene rings is 1. The average Bonchev–Trinajstić information content (AvgIpc) is 2.49. The van der Waals surface area contributed by atoms with E-state index in [1.807, 2.05) is 6.92 Å². The van der Waals surface area contributed by atoms with Gasteiger partial charge in [-0.1, -0.05) is 6.92 Å². The highest BCUT2D eigenvalue weighted by Gasteiger charge is 2.26. The van der Waals surface area contributed by atoms with Gasteiger partial charge in [0.15, 0.2) is 0 Å². The van der Waals surface area contributed by atoms with E-state index in [1.54, 1.807) is 6.07 Å². The van der Waals surface area contributed by atoms with Crippen molar-refractivity contribution in [2.75, 3.05) is 13.1 Å². The normalized spacial score (nSPS) is 22.8. The summed E-state index contributed by atoms with van der Waals surface area (Å²) in [7, 11) is -3.59. The van der Waals surface area contributed by atoms with E-state index in [-0.39, 0.29) is 16.9 Å². The van der Waals surface area contributed by atoms with Crippen LogP contribution in [0.3, 0.4) is 0 Å². The molecular weight excluding hydrogens is 304 g/mol. The van der Waals surface area contributed by atoms with E-state index in [1.165, 1.54) is 24.3 Å². The highest BCUT2D eigenvalue weighted by molar-refractivity contribution is 7.89. The monoisotopic (exact) mass is 322 g/mol. The maximum absolute atomic E-state index is 12.5. The highest BCUT2D eigenvalue weighted by Crippen LogP contribution is 2.20. The van der Waals surface area contributed by atoms with Gasteiger partial charge in [0.25, 0.3) is 0 Å². The second-order valence-corrected chi connectivity index (χ2v) is 7.37. The number of sulfonamides is 1. The van der Waals surface area contributed by atoms with Crippen LogP contribution in [0.1, 0.15) is 13.3 Å². The van der Waals surface area contributed by atoms with Gasteiger partial charge in [-0.05, 0) is 49.7 Å². The van der Waals surface area contributed by atoms with Crippen molar-refractivity contribution in [3.05, 3.63) is 40.8 Å². The van der Waals surface area contributed by atoms with Crippen molar-refractivity contribution in [1.29, 1.82) is 0 Å². The second-order valence-electron chi connectivity index (χ2n) is 5.65. The molecule has 2 N–H and O–H groups in total.